The van der Waals surface area contributed by atoms with Crippen molar-refractivity contribution in [2.45, 2.75) is 19.8 Å². The van der Waals surface area contributed by atoms with Crippen LogP contribution in [0, 0.1) is 0 Å². The van der Waals surface area contributed by atoms with Crippen LogP contribution in [-0.2, 0) is 16.0 Å². The van der Waals surface area contributed by atoms with Crippen molar-refractivity contribution in [1.82, 2.24) is 4.90 Å². The lowest BCUT2D eigenvalue weighted by molar-refractivity contribution is -0.268. The molecule has 1 saturated heterocycles. The molecule has 2 aromatic rings. The molecule has 0 spiro atoms. The van der Waals surface area contributed by atoms with E-state index in [-0.39, 0.29) is 24.6 Å². The van der Waals surface area contributed by atoms with Gasteiger partial charge in [0.2, 0.25) is 5.91 Å². The van der Waals surface area contributed by atoms with E-state index in [2.05, 4.69) is 12.2 Å². The third-order valence-corrected chi connectivity index (χ3v) is 5.99. The number of benzene rings is 2. The molecule has 0 aliphatic carbocycles. The summed E-state index contributed by atoms with van der Waals surface area (Å²) < 4.78 is 0.373. The number of thioether (sulfide) groups is 1. The number of thiocarbonyl (C=S) groups is 1. The second-order valence-electron chi connectivity index (χ2n) is 6.74. The number of aryl methyl sites for hydroxylation is 1. The van der Waals surface area contributed by atoms with Gasteiger partial charge in [-0.25, -0.2) is 4.79 Å². The maximum atomic E-state index is 12.7. The van der Waals surface area contributed by atoms with Gasteiger partial charge in [0.15, 0.2) is 0 Å². The smallest absolute Gasteiger partial charge is 0.335 e. The molecule has 3 rings (SSSR count). The lowest BCUT2D eigenvalue weighted by Gasteiger charge is -2.15. The van der Waals surface area contributed by atoms with E-state index in [1.54, 1.807) is 6.08 Å². The van der Waals surface area contributed by atoms with Gasteiger partial charge in [-0.05, 0) is 35.8 Å². The molecule has 1 aliphatic rings. The molecule has 1 fully saturated rings. The number of rotatable bonds is 7. The maximum absolute atomic E-state index is 12.7. The van der Waals surface area contributed by atoms with E-state index in [1.165, 1.54) is 28.3 Å². The Morgan fingerprint density at radius 1 is 1.23 bits per heavy atom. The molecule has 0 bridgehead atoms. The Balaban J connectivity index is 1.61. The van der Waals surface area contributed by atoms with Crippen molar-refractivity contribution >= 4 is 57.8 Å². The molecular weight excluding hydrogens is 436 g/mol. The molecule has 2 amide bonds. The standard InChI is InChI=1S/C22H20N2O5S2/c1-2-13-3-5-14(6-4-13)11-18-20(27)24(22(30)31-18)10-9-19(26)23-15-7-8-17(25)16(12-15)21(28)29/h3-8,11-12,25H,2,9-10H2,1H3,(H,23,26)(H,28,29)/p-1/b18-11-. The van der Waals surface area contributed by atoms with E-state index >= 15 is 0 Å². The molecule has 7 nitrogen and oxygen atoms in total. The summed E-state index contributed by atoms with van der Waals surface area (Å²) in [5.74, 6) is -2.69. The number of nitrogens with zero attached hydrogens (tertiary/aromatic N) is 1. The van der Waals surface area contributed by atoms with Gasteiger partial charge in [-0.1, -0.05) is 67.0 Å². The summed E-state index contributed by atoms with van der Waals surface area (Å²) in [6, 6.07) is 11.4. The number of carbonyl (C=O) groups excluding carboxylic acids is 2. The van der Waals surface area contributed by atoms with Gasteiger partial charge in [0.05, 0.1) is 10.5 Å². The monoisotopic (exact) mass is 455 g/mol. The topological polar surface area (TPSA) is 110 Å². The van der Waals surface area contributed by atoms with Gasteiger partial charge in [-0.15, -0.1) is 0 Å². The molecule has 1 heterocycles. The first-order valence-corrected chi connectivity index (χ1v) is 10.7. The lowest BCUT2D eigenvalue weighted by Crippen LogP contribution is -2.31. The zero-order valence-corrected chi connectivity index (χ0v) is 18.2. The molecule has 0 saturated carbocycles. The van der Waals surface area contributed by atoms with Gasteiger partial charge in [0.25, 0.3) is 5.91 Å². The fraction of sp³-hybridized carbons (Fsp3) is 0.182. The van der Waals surface area contributed by atoms with Crippen LogP contribution >= 0.6 is 24.0 Å². The Labute approximate surface area is 188 Å². The lowest BCUT2D eigenvalue weighted by atomic mass is 10.1. The van der Waals surface area contributed by atoms with Gasteiger partial charge in [-0.2, -0.15) is 0 Å². The van der Waals surface area contributed by atoms with E-state index in [4.69, 9.17) is 17.3 Å². The minimum atomic E-state index is -1.37. The molecule has 0 atom stereocenters. The fourth-order valence-electron chi connectivity index (χ4n) is 2.91. The number of carbonyl (C=O) groups is 3. The van der Waals surface area contributed by atoms with Crippen LogP contribution in [0.5, 0.6) is 5.75 Å². The largest absolute Gasteiger partial charge is 0.872 e. The summed E-state index contributed by atoms with van der Waals surface area (Å²) >= 11 is 6.47. The highest BCUT2D eigenvalue weighted by molar-refractivity contribution is 8.26. The maximum Gasteiger partial charge on any atom is 0.335 e. The number of carboxylic acids is 1. The Bertz CT molecular complexity index is 1080. The minimum absolute atomic E-state index is 0.0353. The third-order valence-electron chi connectivity index (χ3n) is 4.62. The van der Waals surface area contributed by atoms with Gasteiger partial charge in [-0.3, -0.25) is 14.5 Å². The summed E-state index contributed by atoms with van der Waals surface area (Å²) in [6.45, 7) is 2.16. The first kappa shape index (κ1) is 22.5. The SMILES string of the molecule is CCc1ccc(/C=C2\SC(=S)N(CCC(=O)Nc3ccc([O-])c(C(=O)O)c3)C2=O)cc1. The molecule has 1 aliphatic heterocycles. The van der Waals surface area contributed by atoms with Gasteiger partial charge in [0.1, 0.15) is 4.32 Å². The summed E-state index contributed by atoms with van der Waals surface area (Å²) in [6.07, 6.45) is 2.67. The van der Waals surface area contributed by atoms with Crippen molar-refractivity contribution in [1.29, 1.82) is 0 Å². The summed E-state index contributed by atoms with van der Waals surface area (Å²) in [5.41, 5.74) is 1.87. The average molecular weight is 456 g/mol. The second-order valence-corrected chi connectivity index (χ2v) is 8.42. The van der Waals surface area contributed by atoms with Crippen LogP contribution in [0.15, 0.2) is 47.4 Å². The molecular formula is C22H19N2O5S2-. The van der Waals surface area contributed by atoms with Crippen LogP contribution in [0.3, 0.4) is 0 Å². The Morgan fingerprint density at radius 3 is 2.58 bits per heavy atom. The Kier molecular flexibility index (Phi) is 7.09. The van der Waals surface area contributed by atoms with Gasteiger partial charge in [0, 0.05) is 18.7 Å². The van der Waals surface area contributed by atoms with E-state index in [9.17, 15) is 19.5 Å². The van der Waals surface area contributed by atoms with Crippen molar-refractivity contribution < 1.29 is 24.6 Å². The zero-order chi connectivity index (χ0) is 22.5. The number of hydrogen-bond donors (Lipinski definition) is 2. The zero-order valence-electron chi connectivity index (χ0n) is 16.6. The highest BCUT2D eigenvalue weighted by Crippen LogP contribution is 2.32. The Hall–Kier alpha value is -3.17. The van der Waals surface area contributed by atoms with E-state index in [0.29, 0.717) is 9.23 Å². The molecule has 31 heavy (non-hydrogen) atoms. The van der Waals surface area contributed by atoms with Crippen LogP contribution in [0.25, 0.3) is 6.08 Å². The number of aromatic carboxylic acids is 1. The minimum Gasteiger partial charge on any atom is -0.872 e. The number of anilines is 1. The van der Waals surface area contributed by atoms with E-state index < -0.39 is 23.2 Å². The van der Waals surface area contributed by atoms with Crippen LogP contribution in [0.4, 0.5) is 5.69 Å². The van der Waals surface area contributed by atoms with Crippen LogP contribution in [0.1, 0.15) is 34.8 Å². The van der Waals surface area contributed by atoms with Gasteiger partial charge >= 0.3 is 5.97 Å². The quantitative estimate of drug-likeness (QED) is 0.487. The van der Waals surface area contributed by atoms with E-state index in [0.717, 1.165) is 24.1 Å². The fourth-order valence-corrected chi connectivity index (χ4v) is 4.21. The molecule has 160 valence electrons. The summed E-state index contributed by atoms with van der Waals surface area (Å²) in [5, 5.41) is 23.0. The summed E-state index contributed by atoms with van der Waals surface area (Å²) in [4.78, 5) is 37.8. The van der Waals surface area contributed by atoms with Crippen molar-refractivity contribution in [3.63, 3.8) is 0 Å². The number of nitrogens with one attached hydrogen (secondary N) is 1. The predicted octanol–water partition coefficient (Wildman–Crippen LogP) is 3.25. The van der Waals surface area contributed by atoms with Crippen molar-refractivity contribution in [2.75, 3.05) is 11.9 Å². The van der Waals surface area contributed by atoms with Gasteiger partial charge < -0.3 is 15.5 Å². The second kappa shape index (κ2) is 9.76. The molecule has 2 aromatic carbocycles. The molecule has 0 unspecified atom stereocenters. The highest BCUT2D eigenvalue weighted by Gasteiger charge is 2.32. The van der Waals surface area contributed by atoms with Crippen molar-refractivity contribution in [2.24, 2.45) is 0 Å². The third kappa shape index (κ3) is 5.50. The predicted molar refractivity (Wildman–Crippen MR) is 122 cm³/mol. The normalized spacial score (nSPS) is 14.9. The van der Waals surface area contributed by atoms with Crippen molar-refractivity contribution in [3.05, 3.63) is 64.1 Å². The van der Waals surface area contributed by atoms with Crippen molar-refractivity contribution in [3.8, 4) is 5.75 Å². The number of amides is 2. The average Bonchev–Trinajstić information content (AvgIpc) is 3.00. The van der Waals surface area contributed by atoms with Crippen LogP contribution in [-0.4, -0.2) is 38.7 Å². The molecule has 2 N–H and O–H groups in total. The van der Waals surface area contributed by atoms with E-state index in [1.807, 2.05) is 24.3 Å². The molecule has 0 radical (unpaired) electrons. The molecule has 9 heteroatoms. The first-order valence-electron chi connectivity index (χ1n) is 9.47. The summed E-state index contributed by atoms with van der Waals surface area (Å²) in [7, 11) is 0. The van der Waals surface area contributed by atoms with Crippen LogP contribution < -0.4 is 10.4 Å². The highest BCUT2D eigenvalue weighted by atomic mass is 32.2. The van der Waals surface area contributed by atoms with Crippen LogP contribution in [0.2, 0.25) is 0 Å². The Morgan fingerprint density at radius 2 is 1.94 bits per heavy atom. The number of hydrogen-bond acceptors (Lipinski definition) is 6. The molecule has 0 aromatic heterocycles. The number of carboxylic acid groups (broad SMARTS) is 1. The first-order chi connectivity index (χ1) is 14.8.